The minimum Gasteiger partial charge on any atom is -0.390 e. The van der Waals surface area contributed by atoms with Crippen LogP contribution in [-0.2, 0) is 4.74 Å². The molecule has 1 N–H and O–H groups in total. The fourth-order valence-corrected chi connectivity index (χ4v) is 2.19. The van der Waals surface area contributed by atoms with Gasteiger partial charge < -0.3 is 9.84 Å². The lowest BCUT2D eigenvalue weighted by atomic mass is 9.88. The fourth-order valence-electron chi connectivity index (χ4n) is 2.19. The van der Waals surface area contributed by atoms with Crippen LogP contribution in [0.1, 0.15) is 40.0 Å². The molecule has 1 rings (SSSR count). The van der Waals surface area contributed by atoms with Crippen molar-refractivity contribution >= 4 is 0 Å². The molecule has 0 aromatic heterocycles. The normalized spacial score (nSPS) is 31.2. The molecule has 1 aliphatic heterocycles. The number of hydrogen-bond donors (Lipinski definition) is 1. The highest BCUT2D eigenvalue weighted by Gasteiger charge is 2.34. The third-order valence-electron chi connectivity index (χ3n) is 3.31. The summed E-state index contributed by atoms with van der Waals surface area (Å²) in [4.78, 5) is 0. The van der Waals surface area contributed by atoms with Crippen molar-refractivity contribution in [2.45, 2.75) is 52.2 Å². The fraction of sp³-hybridized carbons (Fsp3) is 1.00. The van der Waals surface area contributed by atoms with E-state index in [0.717, 1.165) is 25.9 Å². The molecule has 0 aliphatic carbocycles. The van der Waals surface area contributed by atoms with Gasteiger partial charge in [0.15, 0.2) is 0 Å². The highest BCUT2D eigenvalue weighted by Crippen LogP contribution is 2.28. The predicted octanol–water partition coefficient (Wildman–Crippen LogP) is 2.21. The van der Waals surface area contributed by atoms with Gasteiger partial charge >= 0.3 is 0 Å². The Labute approximate surface area is 81.3 Å². The van der Waals surface area contributed by atoms with Gasteiger partial charge in [-0.25, -0.2) is 0 Å². The highest BCUT2D eigenvalue weighted by molar-refractivity contribution is 4.83. The average Bonchev–Trinajstić information content (AvgIpc) is 2.53. The first-order chi connectivity index (χ1) is 6.20. The van der Waals surface area contributed by atoms with E-state index in [-0.39, 0.29) is 12.2 Å². The van der Waals surface area contributed by atoms with Crippen LogP contribution >= 0.6 is 0 Å². The van der Waals surface area contributed by atoms with Crippen molar-refractivity contribution in [1.82, 2.24) is 0 Å². The molecular formula is C11H22O2. The molecule has 1 aliphatic rings. The largest absolute Gasteiger partial charge is 0.390 e. The Morgan fingerprint density at radius 1 is 1.38 bits per heavy atom. The first-order valence-electron chi connectivity index (χ1n) is 5.50. The van der Waals surface area contributed by atoms with E-state index in [2.05, 4.69) is 20.8 Å². The Hall–Kier alpha value is -0.0800. The molecule has 78 valence electrons. The molecule has 0 aromatic rings. The van der Waals surface area contributed by atoms with Gasteiger partial charge in [0.1, 0.15) is 0 Å². The number of ether oxygens (including phenoxy) is 1. The van der Waals surface area contributed by atoms with Gasteiger partial charge in [-0.2, -0.15) is 0 Å². The van der Waals surface area contributed by atoms with Crippen LogP contribution in [-0.4, -0.2) is 23.9 Å². The van der Waals surface area contributed by atoms with E-state index >= 15 is 0 Å². The maximum Gasteiger partial charge on any atom is 0.0862 e. The lowest BCUT2D eigenvalue weighted by molar-refractivity contribution is -0.0471. The number of rotatable bonds is 4. The van der Waals surface area contributed by atoms with Gasteiger partial charge in [-0.3, -0.25) is 0 Å². The molecule has 13 heavy (non-hydrogen) atoms. The second-order valence-electron chi connectivity index (χ2n) is 4.17. The van der Waals surface area contributed by atoms with E-state index in [0.29, 0.717) is 11.8 Å². The number of aliphatic hydroxyl groups excluding tert-OH is 1. The summed E-state index contributed by atoms with van der Waals surface area (Å²) in [5.41, 5.74) is 0. The molecule has 3 unspecified atom stereocenters. The topological polar surface area (TPSA) is 29.5 Å². The van der Waals surface area contributed by atoms with Gasteiger partial charge in [-0.1, -0.05) is 33.6 Å². The van der Waals surface area contributed by atoms with Crippen LogP contribution in [0.25, 0.3) is 0 Å². The van der Waals surface area contributed by atoms with Crippen molar-refractivity contribution in [1.29, 1.82) is 0 Å². The molecule has 1 heterocycles. The molecule has 0 saturated carbocycles. The van der Waals surface area contributed by atoms with E-state index in [1.54, 1.807) is 0 Å². The van der Waals surface area contributed by atoms with Crippen molar-refractivity contribution in [2.24, 2.45) is 11.8 Å². The van der Waals surface area contributed by atoms with Gasteiger partial charge in [-0.05, 0) is 18.3 Å². The van der Waals surface area contributed by atoms with E-state index < -0.39 is 0 Å². The van der Waals surface area contributed by atoms with Crippen molar-refractivity contribution in [2.75, 3.05) is 6.61 Å². The molecule has 2 heteroatoms. The summed E-state index contributed by atoms with van der Waals surface area (Å²) in [7, 11) is 0. The minimum atomic E-state index is -0.257. The lowest BCUT2D eigenvalue weighted by Crippen LogP contribution is -2.36. The Kier molecular flexibility index (Phi) is 4.20. The van der Waals surface area contributed by atoms with Crippen LogP contribution in [0.3, 0.4) is 0 Å². The summed E-state index contributed by atoms with van der Waals surface area (Å²) >= 11 is 0. The van der Waals surface area contributed by atoms with Crippen molar-refractivity contribution in [3.8, 4) is 0 Å². The molecule has 0 spiro atoms. The van der Waals surface area contributed by atoms with Crippen LogP contribution in [0.4, 0.5) is 0 Å². The maximum atomic E-state index is 10.1. The standard InChI is InChI=1S/C11H22O2/c1-4-9(5-2)10(12)11-8(3)6-7-13-11/h8-12H,4-7H2,1-3H3. The van der Waals surface area contributed by atoms with Gasteiger partial charge in [0.2, 0.25) is 0 Å². The smallest absolute Gasteiger partial charge is 0.0862 e. The maximum absolute atomic E-state index is 10.1. The molecule has 2 nitrogen and oxygen atoms in total. The van der Waals surface area contributed by atoms with E-state index in [1.807, 2.05) is 0 Å². The molecule has 3 atom stereocenters. The van der Waals surface area contributed by atoms with E-state index in [4.69, 9.17) is 4.74 Å². The SMILES string of the molecule is CCC(CC)C(O)C1OCCC1C. The van der Waals surface area contributed by atoms with Gasteiger partial charge in [-0.15, -0.1) is 0 Å². The lowest BCUT2D eigenvalue weighted by Gasteiger charge is -2.27. The Bertz CT molecular complexity index is 143. The average molecular weight is 186 g/mol. The van der Waals surface area contributed by atoms with Crippen LogP contribution < -0.4 is 0 Å². The zero-order chi connectivity index (χ0) is 9.84. The number of hydrogen-bond acceptors (Lipinski definition) is 2. The summed E-state index contributed by atoms with van der Waals surface area (Å²) in [5, 5.41) is 10.1. The van der Waals surface area contributed by atoms with Crippen LogP contribution in [0.5, 0.6) is 0 Å². The van der Waals surface area contributed by atoms with Crippen molar-refractivity contribution in [3.63, 3.8) is 0 Å². The first kappa shape index (κ1) is 11.0. The second-order valence-corrected chi connectivity index (χ2v) is 4.17. The van der Waals surface area contributed by atoms with Crippen molar-refractivity contribution < 1.29 is 9.84 Å². The third-order valence-corrected chi connectivity index (χ3v) is 3.31. The Balaban J connectivity index is 2.49. The molecule has 1 saturated heterocycles. The van der Waals surface area contributed by atoms with Gasteiger partial charge in [0.25, 0.3) is 0 Å². The Morgan fingerprint density at radius 3 is 2.38 bits per heavy atom. The number of aliphatic hydroxyl groups is 1. The Morgan fingerprint density at radius 2 is 2.00 bits per heavy atom. The summed E-state index contributed by atoms with van der Waals surface area (Å²) in [5.74, 6) is 0.932. The molecule has 1 fully saturated rings. The molecule has 0 amide bonds. The van der Waals surface area contributed by atoms with Gasteiger partial charge in [0.05, 0.1) is 12.2 Å². The summed E-state index contributed by atoms with van der Waals surface area (Å²) in [6, 6.07) is 0. The van der Waals surface area contributed by atoms with Crippen LogP contribution in [0.2, 0.25) is 0 Å². The second kappa shape index (κ2) is 4.97. The summed E-state index contributed by atoms with van der Waals surface area (Å²) < 4.78 is 5.56. The molecule has 0 radical (unpaired) electrons. The quantitative estimate of drug-likeness (QED) is 0.729. The molecule has 0 aromatic carbocycles. The van der Waals surface area contributed by atoms with Gasteiger partial charge in [0, 0.05) is 6.61 Å². The zero-order valence-corrected chi connectivity index (χ0v) is 8.99. The summed E-state index contributed by atoms with van der Waals surface area (Å²) in [6.45, 7) is 7.26. The minimum absolute atomic E-state index is 0.0879. The third kappa shape index (κ3) is 2.44. The highest BCUT2D eigenvalue weighted by atomic mass is 16.5. The predicted molar refractivity (Wildman–Crippen MR) is 53.6 cm³/mol. The first-order valence-corrected chi connectivity index (χ1v) is 5.50. The zero-order valence-electron chi connectivity index (χ0n) is 8.99. The summed E-state index contributed by atoms with van der Waals surface area (Å²) in [6.07, 6.45) is 3.02. The molecular weight excluding hydrogens is 164 g/mol. The van der Waals surface area contributed by atoms with E-state index in [9.17, 15) is 5.11 Å². The van der Waals surface area contributed by atoms with E-state index in [1.165, 1.54) is 0 Å². The molecule has 0 bridgehead atoms. The van der Waals surface area contributed by atoms with Crippen LogP contribution in [0, 0.1) is 11.8 Å². The van der Waals surface area contributed by atoms with Crippen molar-refractivity contribution in [3.05, 3.63) is 0 Å². The van der Waals surface area contributed by atoms with Crippen LogP contribution in [0.15, 0.2) is 0 Å². The monoisotopic (exact) mass is 186 g/mol.